The molecule has 0 aromatic carbocycles. The fourth-order valence-corrected chi connectivity index (χ4v) is 1.97. The predicted octanol–water partition coefficient (Wildman–Crippen LogP) is 5.90. The average molecular weight is 242 g/mol. The summed E-state index contributed by atoms with van der Waals surface area (Å²) in [7, 11) is 0. The van der Waals surface area contributed by atoms with Crippen LogP contribution in [0.2, 0.25) is 0 Å². The number of allylic oxidation sites excluding steroid dienone is 10. The molecule has 0 atom stereocenters. The maximum atomic E-state index is 2.27. The Morgan fingerprint density at radius 1 is 0.333 bits per heavy atom. The molecule has 0 amide bonds. The van der Waals surface area contributed by atoms with Crippen LogP contribution in [0.15, 0.2) is 60.8 Å². The molecular formula is C18H26. The highest BCUT2D eigenvalue weighted by Crippen LogP contribution is 2.09. The molecule has 0 radical (unpaired) electrons. The van der Waals surface area contributed by atoms with Gasteiger partial charge >= 0.3 is 0 Å². The van der Waals surface area contributed by atoms with Crippen molar-refractivity contribution in [3.05, 3.63) is 60.8 Å². The second-order valence-corrected chi connectivity index (χ2v) is 4.71. The van der Waals surface area contributed by atoms with E-state index in [9.17, 15) is 0 Å². The molecule has 0 saturated heterocycles. The van der Waals surface area contributed by atoms with Crippen molar-refractivity contribution in [2.45, 2.75) is 51.4 Å². The highest BCUT2D eigenvalue weighted by molar-refractivity contribution is 5.17. The molecule has 1 aliphatic rings. The first kappa shape index (κ1) is 14.8. The SMILES string of the molecule is C1=CCCCCCCCC/C=C/C=C/C=C\C=C\1. The van der Waals surface area contributed by atoms with E-state index in [1.165, 1.54) is 51.4 Å². The molecule has 18 heavy (non-hydrogen) atoms. The van der Waals surface area contributed by atoms with Gasteiger partial charge in [-0.3, -0.25) is 0 Å². The van der Waals surface area contributed by atoms with E-state index in [1.807, 2.05) is 0 Å². The van der Waals surface area contributed by atoms with Gasteiger partial charge in [0, 0.05) is 0 Å². The van der Waals surface area contributed by atoms with Crippen LogP contribution in [-0.4, -0.2) is 0 Å². The normalized spacial score (nSPS) is 26.7. The highest BCUT2D eigenvalue weighted by atomic mass is 14.0. The maximum absolute atomic E-state index is 2.27. The fourth-order valence-electron chi connectivity index (χ4n) is 1.97. The molecule has 0 bridgehead atoms. The molecule has 0 aromatic heterocycles. The lowest BCUT2D eigenvalue weighted by atomic mass is 10.1. The van der Waals surface area contributed by atoms with Crippen LogP contribution < -0.4 is 0 Å². The zero-order valence-corrected chi connectivity index (χ0v) is 11.4. The molecule has 0 N–H and O–H groups in total. The van der Waals surface area contributed by atoms with Crippen molar-refractivity contribution in [3.8, 4) is 0 Å². The summed E-state index contributed by atoms with van der Waals surface area (Å²) in [5.74, 6) is 0. The van der Waals surface area contributed by atoms with Gasteiger partial charge in [-0.25, -0.2) is 0 Å². The van der Waals surface area contributed by atoms with E-state index in [1.54, 1.807) is 0 Å². The third-order valence-electron chi connectivity index (χ3n) is 3.04. The summed E-state index contributed by atoms with van der Waals surface area (Å²) in [6.45, 7) is 0. The van der Waals surface area contributed by atoms with Crippen molar-refractivity contribution in [3.63, 3.8) is 0 Å². The van der Waals surface area contributed by atoms with Crippen LogP contribution >= 0.6 is 0 Å². The molecule has 1 rings (SSSR count). The third-order valence-corrected chi connectivity index (χ3v) is 3.04. The Morgan fingerprint density at radius 2 is 0.667 bits per heavy atom. The Kier molecular flexibility index (Phi) is 9.97. The van der Waals surface area contributed by atoms with E-state index in [4.69, 9.17) is 0 Å². The van der Waals surface area contributed by atoms with E-state index >= 15 is 0 Å². The summed E-state index contributed by atoms with van der Waals surface area (Å²) in [4.78, 5) is 0. The fraction of sp³-hybridized carbons (Fsp3) is 0.444. The molecular weight excluding hydrogens is 216 g/mol. The van der Waals surface area contributed by atoms with E-state index in [0.717, 1.165) is 0 Å². The van der Waals surface area contributed by atoms with E-state index < -0.39 is 0 Å². The van der Waals surface area contributed by atoms with Crippen LogP contribution in [0.4, 0.5) is 0 Å². The summed E-state index contributed by atoms with van der Waals surface area (Å²) in [5, 5.41) is 0. The van der Waals surface area contributed by atoms with Crippen molar-refractivity contribution >= 4 is 0 Å². The predicted molar refractivity (Wildman–Crippen MR) is 82.6 cm³/mol. The lowest BCUT2D eigenvalue weighted by Gasteiger charge is -1.99. The molecule has 0 heterocycles. The number of hydrogen-bond donors (Lipinski definition) is 0. The van der Waals surface area contributed by atoms with E-state index in [0.29, 0.717) is 0 Å². The van der Waals surface area contributed by atoms with E-state index in [2.05, 4.69) is 60.8 Å². The van der Waals surface area contributed by atoms with Gasteiger partial charge in [0.25, 0.3) is 0 Å². The van der Waals surface area contributed by atoms with E-state index in [-0.39, 0.29) is 0 Å². The second kappa shape index (κ2) is 12.2. The Labute approximate surface area is 112 Å². The quantitative estimate of drug-likeness (QED) is 0.496. The molecule has 0 nitrogen and oxygen atoms in total. The van der Waals surface area contributed by atoms with Crippen LogP contribution in [0.1, 0.15) is 51.4 Å². The van der Waals surface area contributed by atoms with Crippen molar-refractivity contribution < 1.29 is 0 Å². The minimum absolute atomic E-state index is 1.22. The first-order valence-corrected chi connectivity index (χ1v) is 7.32. The van der Waals surface area contributed by atoms with Gasteiger partial charge in [0.15, 0.2) is 0 Å². The summed E-state index contributed by atoms with van der Waals surface area (Å²) in [5.41, 5.74) is 0. The van der Waals surface area contributed by atoms with Gasteiger partial charge < -0.3 is 0 Å². The van der Waals surface area contributed by atoms with Crippen molar-refractivity contribution in [1.82, 2.24) is 0 Å². The van der Waals surface area contributed by atoms with Gasteiger partial charge in [0.05, 0.1) is 0 Å². The van der Waals surface area contributed by atoms with Crippen LogP contribution in [0.3, 0.4) is 0 Å². The van der Waals surface area contributed by atoms with Crippen LogP contribution in [0.5, 0.6) is 0 Å². The summed E-state index contributed by atoms with van der Waals surface area (Å²) in [6, 6.07) is 0. The molecule has 0 aliphatic heterocycles. The molecule has 0 aromatic rings. The minimum atomic E-state index is 1.22. The molecule has 0 fully saturated rings. The van der Waals surface area contributed by atoms with Crippen molar-refractivity contribution in [2.75, 3.05) is 0 Å². The maximum Gasteiger partial charge on any atom is -0.0348 e. The van der Waals surface area contributed by atoms with Crippen molar-refractivity contribution in [2.24, 2.45) is 0 Å². The first-order chi connectivity index (χ1) is 9.00. The lowest BCUT2D eigenvalue weighted by Crippen LogP contribution is -1.79. The molecule has 1 aliphatic carbocycles. The van der Waals surface area contributed by atoms with Crippen LogP contribution in [0.25, 0.3) is 0 Å². The molecule has 0 unspecified atom stereocenters. The molecule has 0 saturated carbocycles. The minimum Gasteiger partial charge on any atom is -0.0845 e. The number of rotatable bonds is 0. The summed E-state index contributed by atoms with van der Waals surface area (Å²) >= 11 is 0. The largest absolute Gasteiger partial charge is 0.0845 e. The Morgan fingerprint density at radius 3 is 1.11 bits per heavy atom. The lowest BCUT2D eigenvalue weighted by molar-refractivity contribution is 0.600. The van der Waals surface area contributed by atoms with Crippen molar-refractivity contribution in [1.29, 1.82) is 0 Å². The third kappa shape index (κ3) is 9.89. The van der Waals surface area contributed by atoms with Gasteiger partial charge in [-0.1, -0.05) is 86.4 Å². The standard InChI is InChI=1S/C18H26/c1-2-4-6-8-10-12-14-16-18-17-15-13-11-9-7-5-3-1/h1-10H,11-18H2/b2-1-,5-3+,6-4+,9-7+,10-8?. The van der Waals surface area contributed by atoms with Gasteiger partial charge in [-0.15, -0.1) is 0 Å². The average Bonchev–Trinajstić information content (AvgIpc) is 2.39. The Bertz CT molecular complexity index is 281. The smallest absolute Gasteiger partial charge is 0.0348 e. The summed E-state index contributed by atoms with van der Waals surface area (Å²) < 4.78 is 0. The van der Waals surface area contributed by atoms with Gasteiger partial charge in [-0.05, 0) is 25.7 Å². The molecule has 0 heteroatoms. The topological polar surface area (TPSA) is 0 Å². The Balaban J connectivity index is 2.35. The Hall–Kier alpha value is -1.30. The van der Waals surface area contributed by atoms with Gasteiger partial charge in [0.2, 0.25) is 0 Å². The second-order valence-electron chi connectivity index (χ2n) is 4.71. The first-order valence-electron chi connectivity index (χ1n) is 7.32. The summed E-state index contributed by atoms with van der Waals surface area (Å²) in [6.07, 6.45) is 32.0. The van der Waals surface area contributed by atoms with Crippen LogP contribution in [0, 0.1) is 0 Å². The zero-order valence-electron chi connectivity index (χ0n) is 11.4. The molecule has 0 spiro atoms. The zero-order chi connectivity index (χ0) is 12.7. The highest BCUT2D eigenvalue weighted by Gasteiger charge is 1.89. The van der Waals surface area contributed by atoms with Gasteiger partial charge in [-0.2, -0.15) is 0 Å². The van der Waals surface area contributed by atoms with Gasteiger partial charge in [0.1, 0.15) is 0 Å². The number of hydrogen-bond acceptors (Lipinski definition) is 0. The van der Waals surface area contributed by atoms with Crippen LogP contribution in [-0.2, 0) is 0 Å². The monoisotopic (exact) mass is 242 g/mol. The molecule has 98 valence electrons.